The lowest BCUT2D eigenvalue weighted by Gasteiger charge is -2.38. The van der Waals surface area contributed by atoms with Crippen LogP contribution in [0.25, 0.3) is 0 Å². The van der Waals surface area contributed by atoms with E-state index in [0.29, 0.717) is 5.41 Å². The molecule has 1 fully saturated rings. The Morgan fingerprint density at radius 3 is 2.53 bits per heavy atom. The van der Waals surface area contributed by atoms with E-state index in [-0.39, 0.29) is 0 Å². The number of hydrogen-bond acceptors (Lipinski definition) is 0. The van der Waals surface area contributed by atoms with Gasteiger partial charge in [-0.2, -0.15) is 0 Å². The first-order valence-electron chi connectivity index (χ1n) is 6.83. The third-order valence-corrected chi connectivity index (χ3v) is 5.12. The highest BCUT2D eigenvalue weighted by Gasteiger charge is 2.37. The second-order valence-corrected chi connectivity index (χ2v) is 6.04. The zero-order valence-electron chi connectivity index (χ0n) is 10.7. The number of hydrogen-bond donors (Lipinski definition) is 0. The maximum atomic E-state index is 2.55. The molecule has 2 rings (SSSR count). The van der Waals surface area contributed by atoms with Crippen LogP contribution in [0.5, 0.6) is 0 Å². The van der Waals surface area contributed by atoms with E-state index in [4.69, 9.17) is 0 Å². The molecule has 0 aliphatic heterocycles. The molecule has 0 heteroatoms. The quantitative estimate of drug-likeness (QED) is 0.552. The molecule has 0 bridgehead atoms. The first-order valence-corrected chi connectivity index (χ1v) is 6.83. The number of allylic oxidation sites excluding steroid dienone is 2. The Bertz CT molecular complexity index is 253. The molecule has 0 nitrogen and oxygen atoms in total. The first-order chi connectivity index (χ1) is 7.15. The normalized spacial score (nSPS) is 31.0. The molecule has 0 spiro atoms. The predicted molar refractivity (Wildman–Crippen MR) is 66.9 cm³/mol. The molecule has 0 aromatic rings. The van der Waals surface area contributed by atoms with Crippen molar-refractivity contribution in [2.24, 2.45) is 11.3 Å². The third kappa shape index (κ3) is 2.14. The Morgan fingerprint density at radius 1 is 1.27 bits per heavy atom. The van der Waals surface area contributed by atoms with Gasteiger partial charge in [0.1, 0.15) is 0 Å². The van der Waals surface area contributed by atoms with Gasteiger partial charge in [-0.1, -0.05) is 37.8 Å². The maximum absolute atomic E-state index is 2.55. The van der Waals surface area contributed by atoms with Crippen molar-refractivity contribution in [1.29, 1.82) is 0 Å². The van der Waals surface area contributed by atoms with Gasteiger partial charge in [0.15, 0.2) is 0 Å². The summed E-state index contributed by atoms with van der Waals surface area (Å²) in [6.07, 6.45) is 11.5. The van der Waals surface area contributed by atoms with E-state index < -0.39 is 0 Å². The molecule has 0 radical (unpaired) electrons. The standard InChI is InChI=1S/C15H26/c1-4-13-11-14(8-7-12(13)2)15(3)9-5-6-10-15/h14H,4-11H2,1-3H3. The van der Waals surface area contributed by atoms with Gasteiger partial charge < -0.3 is 0 Å². The van der Waals surface area contributed by atoms with E-state index in [1.54, 1.807) is 11.1 Å². The van der Waals surface area contributed by atoms with Gasteiger partial charge in [-0.05, 0) is 56.8 Å². The van der Waals surface area contributed by atoms with Crippen LogP contribution in [0.3, 0.4) is 0 Å². The van der Waals surface area contributed by atoms with Crippen LogP contribution >= 0.6 is 0 Å². The monoisotopic (exact) mass is 206 g/mol. The minimum absolute atomic E-state index is 0.696. The lowest BCUT2D eigenvalue weighted by molar-refractivity contribution is 0.171. The van der Waals surface area contributed by atoms with Crippen molar-refractivity contribution in [3.8, 4) is 0 Å². The van der Waals surface area contributed by atoms with Crippen molar-refractivity contribution in [1.82, 2.24) is 0 Å². The summed E-state index contributed by atoms with van der Waals surface area (Å²) in [5.41, 5.74) is 4.18. The van der Waals surface area contributed by atoms with Crippen LogP contribution < -0.4 is 0 Å². The minimum atomic E-state index is 0.696. The molecule has 0 amide bonds. The molecule has 86 valence electrons. The van der Waals surface area contributed by atoms with Crippen molar-refractivity contribution in [3.05, 3.63) is 11.1 Å². The lowest BCUT2D eigenvalue weighted by Crippen LogP contribution is -2.27. The van der Waals surface area contributed by atoms with Crippen molar-refractivity contribution in [3.63, 3.8) is 0 Å². The summed E-state index contributed by atoms with van der Waals surface area (Å²) in [4.78, 5) is 0. The largest absolute Gasteiger partial charge is 0.0741 e. The molecule has 0 saturated heterocycles. The van der Waals surface area contributed by atoms with Crippen molar-refractivity contribution in [2.45, 2.75) is 72.1 Å². The highest BCUT2D eigenvalue weighted by Crippen LogP contribution is 2.50. The lowest BCUT2D eigenvalue weighted by atomic mass is 9.67. The van der Waals surface area contributed by atoms with E-state index >= 15 is 0 Å². The zero-order valence-corrected chi connectivity index (χ0v) is 10.7. The fourth-order valence-electron chi connectivity index (χ4n) is 3.77. The van der Waals surface area contributed by atoms with E-state index in [9.17, 15) is 0 Å². The van der Waals surface area contributed by atoms with Crippen molar-refractivity contribution in [2.75, 3.05) is 0 Å². The smallest absolute Gasteiger partial charge is 0.0284 e. The molecule has 0 aromatic heterocycles. The van der Waals surface area contributed by atoms with Gasteiger partial charge in [0.25, 0.3) is 0 Å². The van der Waals surface area contributed by atoms with Crippen LogP contribution in [-0.4, -0.2) is 0 Å². The Morgan fingerprint density at radius 2 is 1.93 bits per heavy atom. The highest BCUT2D eigenvalue weighted by molar-refractivity contribution is 5.17. The summed E-state index contributed by atoms with van der Waals surface area (Å²) >= 11 is 0. The van der Waals surface area contributed by atoms with E-state index in [2.05, 4.69) is 20.8 Å². The second-order valence-electron chi connectivity index (χ2n) is 6.04. The van der Waals surface area contributed by atoms with Gasteiger partial charge >= 0.3 is 0 Å². The summed E-state index contributed by atoms with van der Waals surface area (Å²) in [5.74, 6) is 0.999. The molecule has 0 N–H and O–H groups in total. The molecule has 1 atom stereocenters. The van der Waals surface area contributed by atoms with Gasteiger partial charge in [0.05, 0.1) is 0 Å². The molecule has 1 saturated carbocycles. The van der Waals surface area contributed by atoms with E-state index in [1.165, 1.54) is 51.4 Å². The second kappa shape index (κ2) is 4.31. The van der Waals surface area contributed by atoms with E-state index in [0.717, 1.165) is 5.92 Å². The number of rotatable bonds is 2. The zero-order chi connectivity index (χ0) is 10.9. The van der Waals surface area contributed by atoms with Crippen LogP contribution in [0.15, 0.2) is 11.1 Å². The molecule has 0 heterocycles. The van der Waals surface area contributed by atoms with Gasteiger partial charge in [0, 0.05) is 0 Å². The van der Waals surface area contributed by atoms with Gasteiger partial charge in [-0.25, -0.2) is 0 Å². The topological polar surface area (TPSA) is 0 Å². The van der Waals surface area contributed by atoms with Crippen molar-refractivity contribution >= 4 is 0 Å². The molecule has 0 aromatic carbocycles. The van der Waals surface area contributed by atoms with Crippen LogP contribution in [0.1, 0.15) is 72.1 Å². The third-order valence-electron chi connectivity index (χ3n) is 5.12. The van der Waals surface area contributed by atoms with Crippen LogP contribution in [0, 0.1) is 11.3 Å². The molecular formula is C15H26. The average molecular weight is 206 g/mol. The summed E-state index contributed by atoms with van der Waals surface area (Å²) in [6.45, 7) is 7.24. The van der Waals surface area contributed by atoms with Crippen LogP contribution in [0.2, 0.25) is 0 Å². The Labute approximate surface area is 95.1 Å². The molecule has 2 aliphatic rings. The van der Waals surface area contributed by atoms with Gasteiger partial charge in [0.2, 0.25) is 0 Å². The van der Waals surface area contributed by atoms with Crippen LogP contribution in [-0.2, 0) is 0 Å². The Balaban J connectivity index is 2.07. The van der Waals surface area contributed by atoms with Gasteiger partial charge in [-0.3, -0.25) is 0 Å². The first kappa shape index (κ1) is 11.2. The van der Waals surface area contributed by atoms with E-state index in [1.807, 2.05) is 0 Å². The van der Waals surface area contributed by atoms with Gasteiger partial charge in [-0.15, -0.1) is 0 Å². The average Bonchev–Trinajstić information content (AvgIpc) is 2.67. The highest BCUT2D eigenvalue weighted by atomic mass is 14.4. The molecular weight excluding hydrogens is 180 g/mol. The fraction of sp³-hybridized carbons (Fsp3) is 0.867. The fourth-order valence-corrected chi connectivity index (χ4v) is 3.77. The minimum Gasteiger partial charge on any atom is -0.0741 e. The summed E-state index contributed by atoms with van der Waals surface area (Å²) in [7, 11) is 0. The predicted octanol–water partition coefficient (Wildman–Crippen LogP) is 5.09. The SMILES string of the molecule is CCC1=C(C)CCC(C2(C)CCCC2)C1. The summed E-state index contributed by atoms with van der Waals surface area (Å²) < 4.78 is 0. The maximum Gasteiger partial charge on any atom is -0.0284 e. The summed E-state index contributed by atoms with van der Waals surface area (Å²) in [5, 5.41) is 0. The van der Waals surface area contributed by atoms with Crippen molar-refractivity contribution < 1.29 is 0 Å². The molecule has 15 heavy (non-hydrogen) atoms. The molecule has 2 aliphatic carbocycles. The Kier molecular flexibility index (Phi) is 3.23. The van der Waals surface area contributed by atoms with Crippen LogP contribution in [0.4, 0.5) is 0 Å². The summed E-state index contributed by atoms with van der Waals surface area (Å²) in [6, 6.07) is 0. The Hall–Kier alpha value is -0.260. The molecule has 1 unspecified atom stereocenters.